The molecular formula is C21H30N6OS. The Morgan fingerprint density at radius 2 is 2.21 bits per heavy atom. The maximum absolute atomic E-state index is 11.9. The van der Waals surface area contributed by atoms with Gasteiger partial charge < -0.3 is 15.1 Å². The fraction of sp³-hybridized carbons (Fsp3) is 0.619. The lowest BCUT2D eigenvalue weighted by Crippen LogP contribution is -2.36. The quantitative estimate of drug-likeness (QED) is 0.811. The molecule has 2 aromatic heterocycles. The number of nitrogens with zero attached hydrogens (tertiary/aromatic N) is 5. The lowest BCUT2D eigenvalue weighted by atomic mass is 9.96. The number of fused-ring (bicyclic) bond motifs is 1. The molecule has 2 aromatic rings. The Kier molecular flexibility index (Phi) is 6.10. The molecule has 1 unspecified atom stereocenters. The molecule has 1 N–H and O–H groups in total. The van der Waals surface area contributed by atoms with Crippen LogP contribution in [0.4, 0.5) is 5.82 Å². The first-order valence-corrected chi connectivity index (χ1v) is 11.3. The number of rotatable bonds is 5. The molecule has 1 saturated heterocycles. The van der Waals surface area contributed by atoms with E-state index in [4.69, 9.17) is 9.97 Å². The smallest absolute Gasteiger partial charge is 0.219 e. The summed E-state index contributed by atoms with van der Waals surface area (Å²) in [5, 5.41) is 4.68. The lowest BCUT2D eigenvalue weighted by Gasteiger charge is -2.32. The molecule has 0 radical (unpaired) electrons. The molecule has 156 valence electrons. The van der Waals surface area contributed by atoms with Crippen LogP contribution >= 0.6 is 11.3 Å². The van der Waals surface area contributed by atoms with Crippen molar-refractivity contribution < 1.29 is 4.79 Å². The van der Waals surface area contributed by atoms with Crippen LogP contribution in [0.1, 0.15) is 52.6 Å². The number of likely N-dealkylation sites (N-methyl/N-ethyl adjacent to an activating group) is 1. The van der Waals surface area contributed by atoms with Gasteiger partial charge in [0.1, 0.15) is 11.6 Å². The van der Waals surface area contributed by atoms with E-state index in [0.717, 1.165) is 73.3 Å². The van der Waals surface area contributed by atoms with Gasteiger partial charge in [0.15, 0.2) is 0 Å². The maximum atomic E-state index is 11.9. The van der Waals surface area contributed by atoms with Crippen molar-refractivity contribution in [3.8, 4) is 0 Å². The highest BCUT2D eigenvalue weighted by Crippen LogP contribution is 2.29. The van der Waals surface area contributed by atoms with Crippen molar-refractivity contribution in [2.75, 3.05) is 38.5 Å². The second kappa shape index (κ2) is 8.75. The third-order valence-corrected chi connectivity index (χ3v) is 6.79. The van der Waals surface area contributed by atoms with E-state index in [1.165, 1.54) is 11.3 Å². The monoisotopic (exact) mass is 414 g/mol. The molecular weight excluding hydrogens is 384 g/mol. The fourth-order valence-corrected chi connectivity index (χ4v) is 5.00. The van der Waals surface area contributed by atoms with Gasteiger partial charge in [-0.05, 0) is 33.4 Å². The highest BCUT2D eigenvalue weighted by Gasteiger charge is 2.27. The molecule has 1 amide bonds. The van der Waals surface area contributed by atoms with Crippen molar-refractivity contribution in [2.24, 2.45) is 0 Å². The average molecular weight is 415 g/mol. The minimum Gasteiger partial charge on any atom is -0.369 e. The number of carbonyl (C=O) groups excluding carboxylic acids is 1. The van der Waals surface area contributed by atoms with Crippen molar-refractivity contribution in [3.63, 3.8) is 0 Å². The highest BCUT2D eigenvalue weighted by molar-refractivity contribution is 7.11. The van der Waals surface area contributed by atoms with Crippen molar-refractivity contribution >= 4 is 23.1 Å². The molecule has 0 aromatic carbocycles. The Morgan fingerprint density at radius 3 is 2.93 bits per heavy atom. The summed E-state index contributed by atoms with van der Waals surface area (Å²) in [5.41, 5.74) is 2.18. The number of amides is 1. The van der Waals surface area contributed by atoms with Crippen LogP contribution in [0.15, 0.2) is 6.20 Å². The average Bonchev–Trinajstić information content (AvgIpc) is 3.12. The van der Waals surface area contributed by atoms with Crippen LogP contribution in [0.2, 0.25) is 0 Å². The third kappa shape index (κ3) is 4.75. The van der Waals surface area contributed by atoms with Gasteiger partial charge in [0.05, 0.1) is 17.2 Å². The zero-order chi connectivity index (χ0) is 20.4. The molecule has 1 atom stereocenters. The Balaban J connectivity index is 1.57. The van der Waals surface area contributed by atoms with Gasteiger partial charge in [0.2, 0.25) is 5.91 Å². The van der Waals surface area contributed by atoms with Gasteiger partial charge in [-0.1, -0.05) is 0 Å². The number of aryl methyl sites for hydroxylation is 1. The van der Waals surface area contributed by atoms with E-state index in [-0.39, 0.29) is 5.91 Å². The molecule has 29 heavy (non-hydrogen) atoms. The largest absolute Gasteiger partial charge is 0.369 e. The fourth-order valence-electron chi connectivity index (χ4n) is 4.21. The van der Waals surface area contributed by atoms with Crippen LogP contribution in [0.5, 0.6) is 0 Å². The van der Waals surface area contributed by atoms with Gasteiger partial charge in [-0.2, -0.15) is 0 Å². The van der Waals surface area contributed by atoms with Crippen molar-refractivity contribution in [1.29, 1.82) is 0 Å². The van der Waals surface area contributed by atoms with Crippen LogP contribution in [-0.2, 0) is 24.2 Å². The van der Waals surface area contributed by atoms with E-state index in [1.807, 2.05) is 11.1 Å². The van der Waals surface area contributed by atoms with Crippen LogP contribution in [0.25, 0.3) is 0 Å². The van der Waals surface area contributed by atoms with Crippen molar-refractivity contribution in [1.82, 2.24) is 24.8 Å². The molecule has 4 rings (SSSR count). The number of carbonyl (C=O) groups is 1. The minimum absolute atomic E-state index is 0.109. The summed E-state index contributed by atoms with van der Waals surface area (Å²) in [6.07, 6.45) is 5.92. The van der Waals surface area contributed by atoms with E-state index in [9.17, 15) is 4.79 Å². The van der Waals surface area contributed by atoms with Gasteiger partial charge in [0, 0.05) is 62.0 Å². The molecule has 0 spiro atoms. The number of thiazole rings is 1. The number of likely N-dealkylation sites (tertiary alicyclic amines) is 1. The Morgan fingerprint density at radius 1 is 1.34 bits per heavy atom. The Labute approximate surface area is 176 Å². The van der Waals surface area contributed by atoms with E-state index < -0.39 is 0 Å². The van der Waals surface area contributed by atoms with Gasteiger partial charge >= 0.3 is 0 Å². The summed E-state index contributed by atoms with van der Waals surface area (Å²) >= 11 is 1.74. The number of piperidine rings is 1. The molecule has 2 aliphatic rings. The summed E-state index contributed by atoms with van der Waals surface area (Å²) in [6, 6.07) is 0. The zero-order valence-corrected chi connectivity index (χ0v) is 18.4. The minimum atomic E-state index is 0.109. The SMILES string of the molecule is CC(=O)N1CCc2nc(C3CCCN(C)C3)nc(NCCc3ncc(C)s3)c2C1. The van der Waals surface area contributed by atoms with E-state index >= 15 is 0 Å². The van der Waals surface area contributed by atoms with E-state index in [2.05, 4.69) is 29.2 Å². The van der Waals surface area contributed by atoms with Crippen LogP contribution < -0.4 is 5.32 Å². The van der Waals surface area contributed by atoms with Crippen molar-refractivity contribution in [2.45, 2.75) is 52.0 Å². The maximum Gasteiger partial charge on any atom is 0.219 e. The number of hydrogen-bond acceptors (Lipinski definition) is 7. The second-order valence-corrected chi connectivity index (χ2v) is 9.51. The molecule has 1 fully saturated rings. The summed E-state index contributed by atoms with van der Waals surface area (Å²) in [5.74, 6) is 2.35. The molecule has 0 saturated carbocycles. The van der Waals surface area contributed by atoms with Crippen LogP contribution in [0.3, 0.4) is 0 Å². The summed E-state index contributed by atoms with van der Waals surface area (Å²) in [7, 11) is 2.17. The first kappa shape index (κ1) is 20.2. The topological polar surface area (TPSA) is 74.2 Å². The molecule has 0 bridgehead atoms. The first-order valence-electron chi connectivity index (χ1n) is 10.5. The molecule has 8 heteroatoms. The zero-order valence-electron chi connectivity index (χ0n) is 17.6. The Hall–Kier alpha value is -2.06. The van der Waals surface area contributed by atoms with E-state index in [1.54, 1.807) is 18.3 Å². The normalized spacial score (nSPS) is 19.8. The molecule has 0 aliphatic carbocycles. The van der Waals surface area contributed by atoms with Gasteiger partial charge in [-0.3, -0.25) is 4.79 Å². The lowest BCUT2D eigenvalue weighted by molar-refractivity contribution is -0.129. The third-order valence-electron chi connectivity index (χ3n) is 5.81. The summed E-state index contributed by atoms with van der Waals surface area (Å²) in [4.78, 5) is 31.8. The molecule has 7 nitrogen and oxygen atoms in total. The summed E-state index contributed by atoms with van der Waals surface area (Å²) < 4.78 is 0. The van der Waals surface area contributed by atoms with Gasteiger partial charge in [-0.25, -0.2) is 15.0 Å². The standard InChI is InChI=1S/C21H30N6OS/c1-14-11-23-19(29-14)6-8-22-21-17-13-27(15(2)28)10-7-18(17)24-20(25-21)16-5-4-9-26(3)12-16/h11,16H,4-10,12-13H2,1-3H3,(H,22,24,25). The molecule has 4 heterocycles. The Bertz CT molecular complexity index is 882. The predicted octanol–water partition coefficient (Wildman–Crippen LogP) is 2.61. The van der Waals surface area contributed by atoms with Gasteiger partial charge in [-0.15, -0.1) is 11.3 Å². The van der Waals surface area contributed by atoms with Crippen molar-refractivity contribution in [3.05, 3.63) is 33.2 Å². The van der Waals surface area contributed by atoms with E-state index in [0.29, 0.717) is 12.5 Å². The number of hydrogen-bond donors (Lipinski definition) is 1. The molecule has 2 aliphatic heterocycles. The predicted molar refractivity (Wildman–Crippen MR) is 115 cm³/mol. The van der Waals surface area contributed by atoms with Gasteiger partial charge in [0.25, 0.3) is 0 Å². The van der Waals surface area contributed by atoms with Crippen LogP contribution in [-0.4, -0.2) is 63.9 Å². The first-order chi connectivity index (χ1) is 14.0. The number of aromatic nitrogens is 3. The summed E-state index contributed by atoms with van der Waals surface area (Å²) in [6.45, 7) is 7.98. The van der Waals surface area contributed by atoms with Crippen LogP contribution in [0, 0.1) is 6.92 Å². The number of anilines is 1. The second-order valence-electron chi connectivity index (χ2n) is 8.19. The highest BCUT2D eigenvalue weighted by atomic mass is 32.1. The number of nitrogens with one attached hydrogen (secondary N) is 1.